The lowest BCUT2D eigenvalue weighted by molar-refractivity contribution is -0.246. The molecule has 304 valence electrons. The number of hydrogen-bond donors (Lipinski definition) is 1. The van der Waals surface area contributed by atoms with Crippen molar-refractivity contribution in [3.05, 3.63) is 0 Å². The quantitative estimate of drug-likeness (QED) is 0.223. The SMILES string of the molecule is C#C.C#C.CC.CC.CC(=O)O[C@@H]([C@H]1C[C@@H](C)C2[C@@H](C[C@@]3(C)[C@@H]4CCC5C(C)(C)[C@@H](OC6CN(C)CCO6)CCC56[C@@H](C)[C@@]46CC[C@]23C)O1)C(C)(C)O. The van der Waals surface area contributed by atoms with Crippen LogP contribution in [0.25, 0.3) is 0 Å². The van der Waals surface area contributed by atoms with Gasteiger partial charge >= 0.3 is 5.97 Å². The average Bonchev–Trinajstić information content (AvgIpc) is 3.54. The van der Waals surface area contributed by atoms with Crippen molar-refractivity contribution >= 4 is 5.97 Å². The Morgan fingerprint density at radius 3 is 2.06 bits per heavy atom. The third-order valence-corrected chi connectivity index (χ3v) is 16.2. The molecule has 7 nitrogen and oxygen atoms in total. The number of fused-ring (bicyclic) bond motifs is 4. The lowest BCUT2D eigenvalue weighted by Crippen LogP contribution is -2.59. The molecule has 2 spiro atoms. The largest absolute Gasteiger partial charge is 0.457 e. The van der Waals surface area contributed by atoms with E-state index in [2.05, 4.69) is 79.2 Å². The molecule has 7 fully saturated rings. The topological polar surface area (TPSA) is 77.5 Å². The molecular formula is C46H79NO6. The number of rotatable bonds is 5. The molecule has 0 bridgehead atoms. The van der Waals surface area contributed by atoms with E-state index in [1.807, 2.05) is 27.7 Å². The Morgan fingerprint density at radius 2 is 1.49 bits per heavy atom. The van der Waals surface area contributed by atoms with Crippen LogP contribution in [0.4, 0.5) is 0 Å². The number of aliphatic hydroxyl groups is 1. The molecule has 1 N–H and O–H groups in total. The van der Waals surface area contributed by atoms with Gasteiger partial charge in [0, 0.05) is 20.0 Å². The van der Waals surface area contributed by atoms with E-state index in [-0.39, 0.29) is 46.8 Å². The molecule has 2 aliphatic heterocycles. The van der Waals surface area contributed by atoms with Crippen molar-refractivity contribution in [2.24, 2.45) is 56.7 Å². The average molecular weight is 742 g/mol. The summed E-state index contributed by atoms with van der Waals surface area (Å²) in [5.41, 5.74) is 0.222. The van der Waals surface area contributed by atoms with Crippen molar-refractivity contribution in [1.29, 1.82) is 0 Å². The first-order valence-electron chi connectivity index (χ1n) is 21.1. The lowest BCUT2D eigenvalue weighted by atomic mass is 9.41. The molecule has 0 aromatic heterocycles. The van der Waals surface area contributed by atoms with Gasteiger partial charge in [0.2, 0.25) is 0 Å². The van der Waals surface area contributed by atoms with Crippen LogP contribution in [-0.4, -0.2) is 79.0 Å². The summed E-state index contributed by atoms with van der Waals surface area (Å²) >= 11 is 0. The Balaban J connectivity index is 0.000000887. The Hall–Kier alpha value is -1.61. The molecule has 0 amide bonds. The van der Waals surface area contributed by atoms with Gasteiger partial charge in [-0.05, 0) is 129 Å². The van der Waals surface area contributed by atoms with Crippen LogP contribution in [0.2, 0.25) is 0 Å². The minimum absolute atomic E-state index is 0.109. The molecule has 0 radical (unpaired) electrons. The molecule has 7 heteroatoms. The van der Waals surface area contributed by atoms with Gasteiger partial charge in [0.05, 0.1) is 30.5 Å². The molecule has 2 saturated heterocycles. The van der Waals surface area contributed by atoms with E-state index in [1.165, 1.54) is 39.0 Å². The Kier molecular flexibility index (Phi) is 14.6. The number of carbonyl (C=O) groups excluding carboxylic acids is 1. The van der Waals surface area contributed by atoms with Gasteiger partial charge in [0.1, 0.15) is 0 Å². The van der Waals surface area contributed by atoms with E-state index < -0.39 is 11.7 Å². The van der Waals surface area contributed by atoms with Gasteiger partial charge in [-0.1, -0.05) is 69.2 Å². The first-order valence-corrected chi connectivity index (χ1v) is 21.1. The summed E-state index contributed by atoms with van der Waals surface area (Å²) < 4.78 is 25.7. The summed E-state index contributed by atoms with van der Waals surface area (Å²) in [4.78, 5) is 14.4. The number of nitrogens with zero attached hydrogens (tertiary/aromatic N) is 1. The second kappa shape index (κ2) is 16.9. The van der Waals surface area contributed by atoms with Gasteiger partial charge in [-0.3, -0.25) is 9.69 Å². The van der Waals surface area contributed by atoms with E-state index >= 15 is 0 Å². The van der Waals surface area contributed by atoms with Crippen LogP contribution in [0.3, 0.4) is 0 Å². The standard InChI is InChI=1S/C38H63NO6.2C2H6.2C2H2/c1-22-19-25(32(34(6,7)41)43-24(3)40)44-26-20-36(9)28-12-11-27-33(4,5)29(45-30-21-39(10)17-18-42-30)13-14-37(27)23(2)38(28,37)16-15-35(36,8)31(22)26;4*1-2/h22-23,25-32,41H,11-21H2,1-10H3;2*1-2H3;2*1-2H/t22-,23-,25-,26-,27?,28+,29+,30?,31?,32+,35-,36+,37?,38+;;;;/m1..../s1. The van der Waals surface area contributed by atoms with E-state index in [9.17, 15) is 9.90 Å². The van der Waals surface area contributed by atoms with Crippen LogP contribution in [0.1, 0.15) is 141 Å². The maximum atomic E-state index is 12.1. The predicted molar refractivity (Wildman–Crippen MR) is 216 cm³/mol. The van der Waals surface area contributed by atoms with Crippen molar-refractivity contribution in [1.82, 2.24) is 4.90 Å². The number of carbonyl (C=O) groups is 1. The van der Waals surface area contributed by atoms with Crippen molar-refractivity contribution in [2.45, 2.75) is 178 Å². The first-order chi connectivity index (χ1) is 24.9. The molecule has 14 atom stereocenters. The normalized spacial score (nSPS) is 45.2. The lowest BCUT2D eigenvalue weighted by Gasteiger charge is -2.63. The predicted octanol–water partition coefficient (Wildman–Crippen LogP) is 9.00. The van der Waals surface area contributed by atoms with E-state index in [4.69, 9.17) is 18.9 Å². The molecule has 7 aliphatic rings. The Morgan fingerprint density at radius 1 is 0.906 bits per heavy atom. The fraction of sp³-hybridized carbons (Fsp3) is 0.891. The molecule has 0 aromatic rings. The molecule has 7 rings (SSSR count). The van der Waals surface area contributed by atoms with Crippen LogP contribution in [0.15, 0.2) is 0 Å². The van der Waals surface area contributed by atoms with Gasteiger partial charge in [-0.25, -0.2) is 0 Å². The van der Waals surface area contributed by atoms with Crippen LogP contribution < -0.4 is 0 Å². The van der Waals surface area contributed by atoms with Gasteiger partial charge < -0.3 is 24.1 Å². The second-order valence-electron chi connectivity index (χ2n) is 18.7. The van der Waals surface area contributed by atoms with Crippen LogP contribution >= 0.6 is 0 Å². The molecule has 4 unspecified atom stereocenters. The van der Waals surface area contributed by atoms with Crippen molar-refractivity contribution < 1.29 is 28.8 Å². The highest BCUT2D eigenvalue weighted by Gasteiger charge is 2.86. The number of likely N-dealkylation sites (N-methyl/N-ethyl adjacent to an activating group) is 1. The first kappa shape index (κ1) is 45.8. The van der Waals surface area contributed by atoms with Crippen molar-refractivity contribution in [3.8, 4) is 25.7 Å². The zero-order valence-electron chi connectivity index (χ0n) is 36.3. The fourth-order valence-corrected chi connectivity index (χ4v) is 14.4. The summed E-state index contributed by atoms with van der Waals surface area (Å²) in [7, 11) is 2.17. The van der Waals surface area contributed by atoms with Crippen LogP contribution in [0.5, 0.6) is 0 Å². The fourth-order valence-electron chi connectivity index (χ4n) is 14.4. The highest BCUT2D eigenvalue weighted by molar-refractivity contribution is 5.66. The molecule has 0 aromatic carbocycles. The maximum Gasteiger partial charge on any atom is 0.303 e. The van der Waals surface area contributed by atoms with E-state index in [1.54, 1.807) is 13.8 Å². The third-order valence-electron chi connectivity index (χ3n) is 16.2. The zero-order chi connectivity index (χ0) is 40.5. The molecule has 5 saturated carbocycles. The zero-order valence-corrected chi connectivity index (χ0v) is 36.3. The highest BCUT2D eigenvalue weighted by atomic mass is 16.7. The smallest absolute Gasteiger partial charge is 0.303 e. The highest BCUT2D eigenvalue weighted by Crippen LogP contribution is 2.91. The van der Waals surface area contributed by atoms with Gasteiger partial charge in [-0.15, -0.1) is 25.7 Å². The Labute approximate surface area is 325 Å². The number of hydrogen-bond acceptors (Lipinski definition) is 7. The summed E-state index contributed by atoms with van der Waals surface area (Å²) in [6, 6.07) is 0. The van der Waals surface area contributed by atoms with E-state index in [0.29, 0.717) is 34.5 Å². The summed E-state index contributed by atoms with van der Waals surface area (Å²) in [6.45, 7) is 30.9. The van der Waals surface area contributed by atoms with Gasteiger partial charge in [0.15, 0.2) is 12.4 Å². The number of ether oxygens (including phenoxy) is 4. The number of terminal acetylenes is 2. The minimum atomic E-state index is -1.16. The van der Waals surface area contributed by atoms with Gasteiger partial charge in [-0.2, -0.15) is 0 Å². The van der Waals surface area contributed by atoms with Crippen LogP contribution in [-0.2, 0) is 23.7 Å². The molecule has 53 heavy (non-hydrogen) atoms. The second-order valence-corrected chi connectivity index (χ2v) is 18.7. The van der Waals surface area contributed by atoms with Crippen LogP contribution in [0, 0.1) is 82.4 Å². The number of esters is 1. The monoisotopic (exact) mass is 742 g/mol. The minimum Gasteiger partial charge on any atom is -0.457 e. The van der Waals surface area contributed by atoms with Crippen molar-refractivity contribution in [3.63, 3.8) is 0 Å². The Bertz CT molecular complexity index is 1270. The summed E-state index contributed by atoms with van der Waals surface area (Å²) in [6.07, 6.45) is 24.9. The third kappa shape index (κ3) is 7.05. The van der Waals surface area contributed by atoms with E-state index in [0.717, 1.165) is 44.9 Å². The molecule has 5 aliphatic carbocycles. The van der Waals surface area contributed by atoms with Gasteiger partial charge in [0.25, 0.3) is 0 Å². The summed E-state index contributed by atoms with van der Waals surface area (Å²) in [5, 5.41) is 11.0. The summed E-state index contributed by atoms with van der Waals surface area (Å²) in [5.74, 6) is 2.73. The molecule has 2 heterocycles. The molecular weight excluding hydrogens is 663 g/mol. The van der Waals surface area contributed by atoms with Crippen molar-refractivity contribution in [2.75, 3.05) is 26.7 Å². The number of morpholine rings is 1. The maximum absolute atomic E-state index is 12.1.